The van der Waals surface area contributed by atoms with Gasteiger partial charge in [0.15, 0.2) is 0 Å². The highest BCUT2D eigenvalue weighted by Crippen LogP contribution is 2.33. The van der Waals surface area contributed by atoms with Crippen LogP contribution in [0.15, 0.2) is 43.0 Å². The summed E-state index contributed by atoms with van der Waals surface area (Å²) in [6.07, 6.45) is 7.93. The first-order valence-corrected chi connectivity index (χ1v) is 9.07. The number of hydrogen-bond acceptors (Lipinski definition) is 3. The quantitative estimate of drug-likeness (QED) is 0.404. The normalized spacial score (nSPS) is 19.7. The van der Waals surface area contributed by atoms with E-state index in [1.54, 1.807) is 24.3 Å². The molecule has 1 saturated carbocycles. The van der Waals surface area contributed by atoms with Crippen molar-refractivity contribution in [1.29, 1.82) is 5.26 Å². The monoisotopic (exact) mass is 351 g/mol. The number of carbonyl (C=O) groups excluding carboxylic acids is 1. The van der Waals surface area contributed by atoms with Gasteiger partial charge in [-0.15, -0.1) is 6.58 Å². The second kappa shape index (κ2) is 8.14. The molecule has 4 heteroatoms. The largest absolute Gasteiger partial charge is 0.426 e. The van der Waals surface area contributed by atoms with Crippen molar-refractivity contribution in [3.05, 3.63) is 54.4 Å². The molecule has 3 rings (SSSR count). The van der Waals surface area contributed by atoms with Gasteiger partial charge in [0, 0.05) is 5.39 Å². The fourth-order valence-electron chi connectivity index (χ4n) is 3.66. The van der Waals surface area contributed by atoms with Gasteiger partial charge in [-0.3, -0.25) is 4.79 Å². The van der Waals surface area contributed by atoms with E-state index in [-0.39, 0.29) is 17.5 Å². The molecule has 3 nitrogen and oxygen atoms in total. The van der Waals surface area contributed by atoms with E-state index in [4.69, 9.17) is 10.00 Å². The number of carbonyl (C=O) groups is 1. The molecule has 0 radical (unpaired) electrons. The standard InChI is InChI=1S/C22H22FNO2/c1-2-3-4-15-5-7-16(8-6-15)22(25)26-19-11-12-20-17(13-19)9-10-18(14-24)21(20)23/h2,9-13,15-16H,1,3-8H2. The minimum atomic E-state index is -0.541. The SMILES string of the molecule is C=CCCC1CCC(C(=O)Oc2ccc3c(F)c(C#N)ccc3c2)CC1. The molecule has 0 aliphatic heterocycles. The Morgan fingerprint density at radius 1 is 1.27 bits per heavy atom. The van der Waals surface area contributed by atoms with Crippen molar-refractivity contribution in [2.45, 2.75) is 38.5 Å². The van der Waals surface area contributed by atoms with Crippen molar-refractivity contribution in [3.8, 4) is 11.8 Å². The molecule has 0 atom stereocenters. The molecule has 134 valence electrons. The number of halogens is 1. The molecule has 0 saturated heterocycles. The Morgan fingerprint density at radius 2 is 2.04 bits per heavy atom. The molecule has 26 heavy (non-hydrogen) atoms. The maximum Gasteiger partial charge on any atom is 0.314 e. The summed E-state index contributed by atoms with van der Waals surface area (Å²) in [6, 6.07) is 9.72. The molecule has 2 aromatic carbocycles. The zero-order valence-corrected chi connectivity index (χ0v) is 14.7. The number of fused-ring (bicyclic) bond motifs is 1. The molecule has 0 spiro atoms. The Bertz CT molecular complexity index is 860. The minimum Gasteiger partial charge on any atom is -0.426 e. The minimum absolute atomic E-state index is 0.00968. The van der Waals surface area contributed by atoms with Gasteiger partial charge in [-0.1, -0.05) is 12.1 Å². The Kier molecular flexibility index (Phi) is 5.68. The van der Waals surface area contributed by atoms with Gasteiger partial charge in [-0.25, -0.2) is 4.39 Å². The van der Waals surface area contributed by atoms with E-state index in [2.05, 4.69) is 6.58 Å². The maximum atomic E-state index is 14.1. The lowest BCUT2D eigenvalue weighted by atomic mass is 9.80. The first-order valence-electron chi connectivity index (χ1n) is 9.07. The highest BCUT2D eigenvalue weighted by Gasteiger charge is 2.27. The summed E-state index contributed by atoms with van der Waals surface area (Å²) in [5.74, 6) is 0.278. The van der Waals surface area contributed by atoms with Crippen LogP contribution in [0.3, 0.4) is 0 Å². The number of esters is 1. The van der Waals surface area contributed by atoms with Crippen LogP contribution in [0.2, 0.25) is 0 Å². The number of nitrogens with zero attached hydrogens (tertiary/aromatic N) is 1. The molecule has 0 unspecified atom stereocenters. The predicted molar refractivity (Wildman–Crippen MR) is 99.1 cm³/mol. The van der Waals surface area contributed by atoms with Gasteiger partial charge in [0.25, 0.3) is 0 Å². The molecule has 1 fully saturated rings. The summed E-state index contributed by atoms with van der Waals surface area (Å²) in [5, 5.41) is 9.86. The number of rotatable bonds is 5. The summed E-state index contributed by atoms with van der Waals surface area (Å²) < 4.78 is 19.7. The van der Waals surface area contributed by atoms with E-state index in [1.807, 2.05) is 12.1 Å². The van der Waals surface area contributed by atoms with Crippen LogP contribution >= 0.6 is 0 Å². The average molecular weight is 351 g/mol. The molecule has 1 aliphatic rings. The van der Waals surface area contributed by atoms with Gasteiger partial charge in [0.1, 0.15) is 17.6 Å². The van der Waals surface area contributed by atoms with Gasteiger partial charge in [-0.05, 0) is 74.1 Å². The fraction of sp³-hybridized carbons (Fsp3) is 0.364. The second-order valence-corrected chi connectivity index (χ2v) is 6.93. The van der Waals surface area contributed by atoms with Gasteiger partial charge in [0.05, 0.1) is 11.5 Å². The number of nitriles is 1. The topological polar surface area (TPSA) is 50.1 Å². The predicted octanol–water partition coefficient (Wildman–Crippen LogP) is 5.53. The number of hydrogen-bond donors (Lipinski definition) is 0. The van der Waals surface area contributed by atoms with E-state index < -0.39 is 5.82 Å². The number of benzene rings is 2. The zero-order chi connectivity index (χ0) is 18.5. The summed E-state index contributed by atoms with van der Waals surface area (Å²) in [5.41, 5.74) is 0.00968. The van der Waals surface area contributed by atoms with Gasteiger partial charge in [-0.2, -0.15) is 5.26 Å². The second-order valence-electron chi connectivity index (χ2n) is 6.93. The summed E-state index contributed by atoms with van der Waals surface area (Å²) >= 11 is 0. The molecule has 0 amide bonds. The van der Waals surface area contributed by atoms with Crippen LogP contribution in [0.4, 0.5) is 4.39 Å². The van der Waals surface area contributed by atoms with Gasteiger partial charge >= 0.3 is 5.97 Å². The van der Waals surface area contributed by atoms with Crippen molar-refractivity contribution in [2.24, 2.45) is 11.8 Å². The van der Waals surface area contributed by atoms with Crippen molar-refractivity contribution in [3.63, 3.8) is 0 Å². The van der Waals surface area contributed by atoms with E-state index in [0.29, 0.717) is 22.4 Å². The maximum absolute atomic E-state index is 14.1. The molecule has 0 aromatic heterocycles. The lowest BCUT2D eigenvalue weighted by molar-refractivity contribution is -0.140. The van der Waals surface area contributed by atoms with Crippen LogP contribution in [0.5, 0.6) is 5.75 Å². The molecule has 2 aromatic rings. The van der Waals surface area contributed by atoms with Crippen LogP contribution in [-0.2, 0) is 4.79 Å². The number of allylic oxidation sites excluding steroid dienone is 1. The van der Waals surface area contributed by atoms with Gasteiger partial charge in [0.2, 0.25) is 0 Å². The lowest BCUT2D eigenvalue weighted by Gasteiger charge is -2.26. The van der Waals surface area contributed by atoms with E-state index in [9.17, 15) is 9.18 Å². The first kappa shape index (κ1) is 18.1. The van der Waals surface area contributed by atoms with Crippen LogP contribution in [0.1, 0.15) is 44.1 Å². The zero-order valence-electron chi connectivity index (χ0n) is 14.7. The summed E-state index contributed by atoms with van der Waals surface area (Å²) in [7, 11) is 0. The van der Waals surface area contributed by atoms with Crippen molar-refractivity contribution >= 4 is 16.7 Å². The summed E-state index contributed by atoms with van der Waals surface area (Å²) in [4.78, 5) is 12.4. The van der Waals surface area contributed by atoms with Crippen molar-refractivity contribution < 1.29 is 13.9 Å². The highest BCUT2D eigenvalue weighted by molar-refractivity contribution is 5.86. The Labute approximate surface area is 153 Å². The van der Waals surface area contributed by atoms with Crippen molar-refractivity contribution in [2.75, 3.05) is 0 Å². The first-order chi connectivity index (χ1) is 12.6. The highest BCUT2D eigenvalue weighted by atomic mass is 19.1. The Hall–Kier alpha value is -2.67. The van der Waals surface area contributed by atoms with E-state index in [1.165, 1.54) is 6.07 Å². The fourth-order valence-corrected chi connectivity index (χ4v) is 3.66. The van der Waals surface area contributed by atoms with E-state index >= 15 is 0 Å². The Morgan fingerprint density at radius 3 is 2.73 bits per heavy atom. The molecule has 0 bridgehead atoms. The van der Waals surface area contributed by atoms with Crippen LogP contribution in [-0.4, -0.2) is 5.97 Å². The molecule has 1 aliphatic carbocycles. The average Bonchev–Trinajstić information content (AvgIpc) is 2.67. The molecule has 0 heterocycles. The Balaban J connectivity index is 1.65. The smallest absolute Gasteiger partial charge is 0.314 e. The third-order valence-electron chi connectivity index (χ3n) is 5.22. The van der Waals surface area contributed by atoms with Crippen molar-refractivity contribution in [1.82, 2.24) is 0 Å². The molecule has 0 N–H and O–H groups in total. The molecular formula is C22H22FNO2. The van der Waals surface area contributed by atoms with E-state index in [0.717, 1.165) is 38.5 Å². The van der Waals surface area contributed by atoms with Gasteiger partial charge < -0.3 is 4.74 Å². The number of ether oxygens (including phenoxy) is 1. The lowest BCUT2D eigenvalue weighted by Crippen LogP contribution is -2.25. The third-order valence-corrected chi connectivity index (χ3v) is 5.22. The third kappa shape index (κ3) is 3.94. The van der Waals surface area contributed by atoms with Crippen LogP contribution < -0.4 is 4.74 Å². The van der Waals surface area contributed by atoms with Crippen LogP contribution in [0, 0.1) is 29.0 Å². The summed E-state index contributed by atoms with van der Waals surface area (Å²) in [6.45, 7) is 3.76. The van der Waals surface area contributed by atoms with Crippen LogP contribution in [0.25, 0.3) is 10.8 Å². The molecular weight excluding hydrogens is 329 g/mol.